The van der Waals surface area contributed by atoms with Crippen LogP contribution in [0.15, 0.2) is 4.52 Å². The second kappa shape index (κ2) is 8.65. The number of hydrogen-bond donors (Lipinski definition) is 1. The van der Waals surface area contributed by atoms with Crippen LogP contribution in [0.4, 0.5) is 5.00 Å². The molecule has 0 aromatic carbocycles. The average Bonchev–Trinajstić information content (AvgIpc) is 3.17. The number of rotatable bonds is 7. The lowest BCUT2D eigenvalue weighted by molar-refractivity contribution is -0.116. The summed E-state index contributed by atoms with van der Waals surface area (Å²) in [5.74, 6) is 0.432. The smallest absolute Gasteiger partial charge is 0.341 e. The fourth-order valence-corrected chi connectivity index (χ4v) is 3.73. The number of esters is 1. The summed E-state index contributed by atoms with van der Waals surface area (Å²) in [7, 11) is 0. The first-order chi connectivity index (χ1) is 12.7. The summed E-state index contributed by atoms with van der Waals surface area (Å²) >= 11 is 1.39. The van der Waals surface area contributed by atoms with Gasteiger partial charge < -0.3 is 14.6 Å². The first kappa shape index (κ1) is 21.1. The summed E-state index contributed by atoms with van der Waals surface area (Å²) < 4.78 is 10.4. The van der Waals surface area contributed by atoms with Crippen molar-refractivity contribution in [3.8, 4) is 0 Å². The first-order valence-electron chi connectivity index (χ1n) is 9.09. The zero-order chi connectivity index (χ0) is 20.2. The van der Waals surface area contributed by atoms with Gasteiger partial charge in [-0.3, -0.25) is 4.79 Å². The van der Waals surface area contributed by atoms with Crippen molar-refractivity contribution in [2.24, 2.45) is 0 Å². The molecule has 7 nitrogen and oxygen atoms in total. The fourth-order valence-electron chi connectivity index (χ4n) is 2.58. The quantitative estimate of drug-likeness (QED) is 0.713. The third kappa shape index (κ3) is 5.15. The van der Waals surface area contributed by atoms with E-state index in [1.165, 1.54) is 11.3 Å². The molecule has 2 aromatic rings. The van der Waals surface area contributed by atoms with Gasteiger partial charge in [0, 0.05) is 23.1 Å². The second-order valence-electron chi connectivity index (χ2n) is 7.22. The summed E-state index contributed by atoms with van der Waals surface area (Å²) in [6, 6.07) is 0. The Balaban J connectivity index is 2.07. The average molecular weight is 394 g/mol. The SMILES string of the molecule is CCOC(=O)c1c(NC(=O)CCc2nc(C(C)(C)C)no2)sc(C)c1CC. The van der Waals surface area contributed by atoms with E-state index in [2.05, 4.69) is 15.5 Å². The molecule has 0 bridgehead atoms. The Bertz CT molecular complexity index is 818. The standard InChI is InChI=1S/C19H27N3O4S/c1-7-12-11(3)27-16(15(12)17(24)25-8-2)20-13(23)9-10-14-21-18(22-26-14)19(4,5)6/h7-10H2,1-6H3,(H,20,23). The van der Waals surface area contributed by atoms with Crippen LogP contribution in [0.5, 0.6) is 0 Å². The molecule has 0 aliphatic rings. The van der Waals surface area contributed by atoms with Crippen LogP contribution in [0.25, 0.3) is 0 Å². The predicted octanol–water partition coefficient (Wildman–Crippen LogP) is 4.05. The van der Waals surface area contributed by atoms with E-state index < -0.39 is 5.97 Å². The van der Waals surface area contributed by atoms with Gasteiger partial charge in [-0.2, -0.15) is 4.98 Å². The highest BCUT2D eigenvalue weighted by Crippen LogP contribution is 2.34. The number of carbonyl (C=O) groups excluding carboxylic acids is 2. The highest BCUT2D eigenvalue weighted by Gasteiger charge is 2.24. The first-order valence-corrected chi connectivity index (χ1v) is 9.91. The van der Waals surface area contributed by atoms with Crippen LogP contribution >= 0.6 is 11.3 Å². The molecule has 2 rings (SSSR count). The third-order valence-corrected chi connectivity index (χ3v) is 5.06. The minimum atomic E-state index is -0.402. The number of nitrogens with one attached hydrogen (secondary N) is 1. The Morgan fingerprint density at radius 3 is 2.52 bits per heavy atom. The Hall–Kier alpha value is -2.22. The number of carbonyl (C=O) groups is 2. The van der Waals surface area contributed by atoms with Crippen LogP contribution in [-0.2, 0) is 27.8 Å². The Labute approximate surface area is 163 Å². The van der Waals surface area contributed by atoms with Gasteiger partial charge in [-0.15, -0.1) is 11.3 Å². The van der Waals surface area contributed by atoms with Gasteiger partial charge in [0.25, 0.3) is 0 Å². The lowest BCUT2D eigenvalue weighted by Crippen LogP contribution is -2.16. The van der Waals surface area contributed by atoms with E-state index in [0.29, 0.717) is 35.1 Å². The molecule has 27 heavy (non-hydrogen) atoms. The maximum Gasteiger partial charge on any atom is 0.341 e. The highest BCUT2D eigenvalue weighted by molar-refractivity contribution is 7.16. The number of aryl methyl sites for hydroxylation is 2. The van der Waals surface area contributed by atoms with E-state index >= 15 is 0 Å². The molecule has 0 saturated heterocycles. The van der Waals surface area contributed by atoms with Gasteiger partial charge in [0.15, 0.2) is 5.82 Å². The maximum absolute atomic E-state index is 12.4. The number of ether oxygens (including phenoxy) is 1. The number of hydrogen-bond acceptors (Lipinski definition) is 7. The molecule has 0 saturated carbocycles. The van der Waals surface area contributed by atoms with Gasteiger partial charge in [0.1, 0.15) is 5.00 Å². The Morgan fingerprint density at radius 1 is 1.26 bits per heavy atom. The molecule has 0 fully saturated rings. The molecule has 1 N–H and O–H groups in total. The van der Waals surface area contributed by atoms with Crippen LogP contribution in [0.2, 0.25) is 0 Å². The van der Waals surface area contributed by atoms with Crippen molar-refractivity contribution in [3.05, 3.63) is 27.7 Å². The number of anilines is 1. The molecule has 0 spiro atoms. The van der Waals surface area contributed by atoms with Gasteiger partial charge in [-0.1, -0.05) is 32.9 Å². The molecule has 148 valence electrons. The number of amides is 1. The Morgan fingerprint density at radius 2 is 1.96 bits per heavy atom. The molecular weight excluding hydrogens is 366 g/mol. The number of aromatic nitrogens is 2. The van der Waals surface area contributed by atoms with Gasteiger partial charge in [0.2, 0.25) is 11.8 Å². The molecule has 0 radical (unpaired) electrons. The largest absolute Gasteiger partial charge is 0.462 e. The van der Waals surface area contributed by atoms with Gasteiger partial charge in [0.05, 0.1) is 12.2 Å². The van der Waals surface area contributed by atoms with Crippen molar-refractivity contribution < 1.29 is 18.8 Å². The molecular formula is C19H27N3O4S. The zero-order valence-corrected chi connectivity index (χ0v) is 17.6. The molecule has 1 amide bonds. The summed E-state index contributed by atoms with van der Waals surface area (Å²) in [6.07, 6.45) is 1.23. The lowest BCUT2D eigenvalue weighted by Gasteiger charge is -2.10. The predicted molar refractivity (Wildman–Crippen MR) is 104 cm³/mol. The van der Waals surface area contributed by atoms with Crippen LogP contribution in [0.3, 0.4) is 0 Å². The number of thiophene rings is 1. The normalized spacial score (nSPS) is 11.5. The van der Waals surface area contributed by atoms with Crippen LogP contribution < -0.4 is 5.32 Å². The Kier molecular flexibility index (Phi) is 6.75. The zero-order valence-electron chi connectivity index (χ0n) is 16.8. The topological polar surface area (TPSA) is 94.3 Å². The number of nitrogens with zero attached hydrogens (tertiary/aromatic N) is 2. The summed E-state index contributed by atoms with van der Waals surface area (Å²) in [5.41, 5.74) is 1.17. The third-order valence-electron chi connectivity index (χ3n) is 4.00. The maximum atomic E-state index is 12.4. The van der Waals surface area contributed by atoms with Gasteiger partial charge in [-0.05, 0) is 25.8 Å². The van der Waals surface area contributed by atoms with Crippen LogP contribution in [0.1, 0.15) is 73.6 Å². The molecule has 2 aromatic heterocycles. The molecule has 2 heterocycles. The molecule has 0 unspecified atom stereocenters. The van der Waals surface area contributed by atoms with Crippen molar-refractivity contribution in [1.29, 1.82) is 0 Å². The van der Waals surface area contributed by atoms with Crippen molar-refractivity contribution in [1.82, 2.24) is 10.1 Å². The molecule has 0 aliphatic carbocycles. The van der Waals surface area contributed by atoms with Crippen molar-refractivity contribution in [3.63, 3.8) is 0 Å². The van der Waals surface area contributed by atoms with E-state index in [4.69, 9.17) is 9.26 Å². The fraction of sp³-hybridized carbons (Fsp3) is 0.579. The van der Waals surface area contributed by atoms with E-state index in [9.17, 15) is 9.59 Å². The van der Waals surface area contributed by atoms with E-state index in [1.54, 1.807) is 6.92 Å². The van der Waals surface area contributed by atoms with Crippen molar-refractivity contribution >= 4 is 28.2 Å². The lowest BCUT2D eigenvalue weighted by atomic mass is 9.96. The van der Waals surface area contributed by atoms with E-state index in [0.717, 1.165) is 10.4 Å². The monoisotopic (exact) mass is 393 g/mol. The van der Waals surface area contributed by atoms with Crippen molar-refractivity contribution in [2.45, 2.75) is 66.2 Å². The van der Waals surface area contributed by atoms with Crippen molar-refractivity contribution in [2.75, 3.05) is 11.9 Å². The molecule has 8 heteroatoms. The molecule has 0 atom stereocenters. The minimum absolute atomic E-state index is 0.187. The van der Waals surface area contributed by atoms with Gasteiger partial charge in [-0.25, -0.2) is 4.79 Å². The summed E-state index contributed by atoms with van der Waals surface area (Å²) in [6.45, 7) is 12.0. The molecule has 0 aliphatic heterocycles. The van der Waals surface area contributed by atoms with E-state index in [1.807, 2.05) is 34.6 Å². The second-order valence-corrected chi connectivity index (χ2v) is 8.45. The van der Waals surface area contributed by atoms with Crippen LogP contribution in [0, 0.1) is 6.92 Å². The summed E-state index contributed by atoms with van der Waals surface area (Å²) in [5, 5.41) is 7.33. The highest BCUT2D eigenvalue weighted by atomic mass is 32.1. The van der Waals surface area contributed by atoms with Gasteiger partial charge >= 0.3 is 5.97 Å². The van der Waals surface area contributed by atoms with Crippen LogP contribution in [-0.4, -0.2) is 28.6 Å². The summed E-state index contributed by atoms with van der Waals surface area (Å²) in [4.78, 5) is 30.0. The van der Waals surface area contributed by atoms with E-state index in [-0.39, 0.29) is 24.3 Å². The minimum Gasteiger partial charge on any atom is -0.462 e.